The monoisotopic (exact) mass is 349 g/mol. The lowest BCUT2D eigenvalue weighted by Crippen LogP contribution is -2.39. The molecule has 0 saturated carbocycles. The highest BCUT2D eigenvalue weighted by Crippen LogP contribution is 2.24. The summed E-state index contributed by atoms with van der Waals surface area (Å²) in [5, 5.41) is 9.08. The topological polar surface area (TPSA) is 38.9 Å². The van der Waals surface area contributed by atoms with Gasteiger partial charge in [0.1, 0.15) is 0 Å². The number of para-hydroxylation sites is 1. The van der Waals surface area contributed by atoms with E-state index >= 15 is 0 Å². The van der Waals surface area contributed by atoms with E-state index in [1.54, 1.807) is 0 Å². The standard InChI is InChI=1S/C21H27N5/c1-18-19(17-26(23-18)21-9-3-2-4-10-21)16-24-13-6-5-8-20(24)11-15-25-14-7-12-22-25/h2-4,7,9-10,12,14,17,20H,5-6,8,11,13,15-16H2,1H3/t20-/m1/s1. The van der Waals surface area contributed by atoms with Gasteiger partial charge >= 0.3 is 0 Å². The van der Waals surface area contributed by atoms with Crippen LogP contribution >= 0.6 is 0 Å². The van der Waals surface area contributed by atoms with Crippen molar-refractivity contribution in [3.63, 3.8) is 0 Å². The summed E-state index contributed by atoms with van der Waals surface area (Å²) in [6.07, 6.45) is 11.2. The van der Waals surface area contributed by atoms with Gasteiger partial charge in [-0.25, -0.2) is 4.68 Å². The molecule has 26 heavy (non-hydrogen) atoms. The molecule has 4 rings (SSSR count). The summed E-state index contributed by atoms with van der Waals surface area (Å²) in [6.45, 7) is 5.29. The van der Waals surface area contributed by atoms with Gasteiger partial charge in [-0.05, 0) is 50.9 Å². The molecule has 136 valence electrons. The number of nitrogens with zero attached hydrogens (tertiary/aromatic N) is 5. The maximum Gasteiger partial charge on any atom is 0.0645 e. The Morgan fingerprint density at radius 1 is 1.12 bits per heavy atom. The number of aromatic nitrogens is 4. The van der Waals surface area contributed by atoms with Gasteiger partial charge in [0.2, 0.25) is 0 Å². The van der Waals surface area contributed by atoms with Gasteiger partial charge in [0.05, 0.1) is 11.4 Å². The number of benzene rings is 1. The fraction of sp³-hybridized carbons (Fsp3) is 0.429. The highest BCUT2D eigenvalue weighted by Gasteiger charge is 2.23. The number of hydrogen-bond donors (Lipinski definition) is 0. The van der Waals surface area contributed by atoms with Crippen LogP contribution in [0.4, 0.5) is 0 Å². The second-order valence-electron chi connectivity index (χ2n) is 7.20. The van der Waals surface area contributed by atoms with Crippen molar-refractivity contribution in [2.75, 3.05) is 6.54 Å². The van der Waals surface area contributed by atoms with Crippen LogP contribution in [-0.2, 0) is 13.1 Å². The summed E-state index contributed by atoms with van der Waals surface area (Å²) in [7, 11) is 0. The van der Waals surface area contributed by atoms with E-state index in [1.165, 1.54) is 31.4 Å². The molecule has 0 spiro atoms. The smallest absolute Gasteiger partial charge is 0.0645 e. The van der Waals surface area contributed by atoms with Crippen LogP contribution in [0.3, 0.4) is 0 Å². The van der Waals surface area contributed by atoms with E-state index in [9.17, 15) is 0 Å². The molecule has 0 unspecified atom stereocenters. The molecular formula is C21H27N5. The Kier molecular flexibility index (Phi) is 5.16. The third-order valence-corrected chi connectivity index (χ3v) is 5.39. The molecule has 1 saturated heterocycles. The molecule has 0 aliphatic carbocycles. The number of aryl methyl sites for hydroxylation is 2. The van der Waals surface area contributed by atoms with E-state index in [0.717, 1.165) is 30.9 Å². The average molecular weight is 349 g/mol. The molecule has 1 aliphatic rings. The lowest BCUT2D eigenvalue weighted by Gasteiger charge is -2.35. The summed E-state index contributed by atoms with van der Waals surface area (Å²) in [5.41, 5.74) is 3.58. The maximum absolute atomic E-state index is 4.73. The van der Waals surface area contributed by atoms with Crippen LogP contribution < -0.4 is 0 Å². The van der Waals surface area contributed by atoms with E-state index < -0.39 is 0 Å². The molecule has 0 N–H and O–H groups in total. The van der Waals surface area contributed by atoms with Crippen molar-refractivity contribution in [3.05, 3.63) is 66.2 Å². The fourth-order valence-corrected chi connectivity index (χ4v) is 3.89. The molecule has 5 nitrogen and oxygen atoms in total. The van der Waals surface area contributed by atoms with Crippen LogP contribution in [0.15, 0.2) is 55.0 Å². The Bertz CT molecular complexity index is 806. The normalized spacial score (nSPS) is 18.3. The zero-order chi connectivity index (χ0) is 17.8. The minimum absolute atomic E-state index is 0.632. The first-order valence-electron chi connectivity index (χ1n) is 9.61. The largest absolute Gasteiger partial charge is 0.296 e. The second kappa shape index (κ2) is 7.87. The van der Waals surface area contributed by atoms with Gasteiger partial charge in [-0.15, -0.1) is 0 Å². The predicted molar refractivity (Wildman–Crippen MR) is 103 cm³/mol. The minimum Gasteiger partial charge on any atom is -0.296 e. The highest BCUT2D eigenvalue weighted by molar-refractivity contribution is 5.32. The van der Waals surface area contributed by atoms with E-state index in [1.807, 2.05) is 27.7 Å². The Hall–Kier alpha value is -2.40. The second-order valence-corrected chi connectivity index (χ2v) is 7.20. The molecule has 5 heteroatoms. The van der Waals surface area contributed by atoms with Crippen LogP contribution in [0.2, 0.25) is 0 Å². The summed E-state index contributed by atoms with van der Waals surface area (Å²) in [4.78, 5) is 2.65. The quantitative estimate of drug-likeness (QED) is 0.679. The Balaban J connectivity index is 1.45. The molecule has 1 aromatic carbocycles. The summed E-state index contributed by atoms with van der Waals surface area (Å²) in [6, 6.07) is 13.0. The molecule has 0 bridgehead atoms. The van der Waals surface area contributed by atoms with Crippen LogP contribution in [0.1, 0.15) is 36.9 Å². The van der Waals surface area contributed by atoms with Crippen molar-refractivity contribution in [2.24, 2.45) is 0 Å². The maximum atomic E-state index is 4.73. The van der Waals surface area contributed by atoms with E-state index in [0.29, 0.717) is 6.04 Å². The van der Waals surface area contributed by atoms with Crippen molar-refractivity contribution < 1.29 is 0 Å². The van der Waals surface area contributed by atoms with Crippen LogP contribution in [0.5, 0.6) is 0 Å². The Morgan fingerprint density at radius 3 is 2.81 bits per heavy atom. The lowest BCUT2D eigenvalue weighted by atomic mass is 9.98. The molecular weight excluding hydrogens is 322 g/mol. The zero-order valence-corrected chi connectivity index (χ0v) is 15.5. The first-order valence-corrected chi connectivity index (χ1v) is 9.61. The van der Waals surface area contributed by atoms with Gasteiger partial charge in [-0.3, -0.25) is 9.58 Å². The van der Waals surface area contributed by atoms with E-state index in [4.69, 9.17) is 5.10 Å². The number of rotatable bonds is 6. The fourth-order valence-electron chi connectivity index (χ4n) is 3.89. The van der Waals surface area contributed by atoms with E-state index in [-0.39, 0.29) is 0 Å². The highest BCUT2D eigenvalue weighted by atomic mass is 15.3. The molecule has 2 aromatic heterocycles. The number of hydrogen-bond acceptors (Lipinski definition) is 3. The molecule has 3 aromatic rings. The van der Waals surface area contributed by atoms with Crippen LogP contribution in [0.25, 0.3) is 5.69 Å². The van der Waals surface area contributed by atoms with Crippen LogP contribution in [-0.4, -0.2) is 37.0 Å². The molecule has 1 atom stereocenters. The summed E-state index contributed by atoms with van der Waals surface area (Å²) in [5.74, 6) is 0. The number of piperidine rings is 1. The van der Waals surface area contributed by atoms with Gasteiger partial charge < -0.3 is 0 Å². The lowest BCUT2D eigenvalue weighted by molar-refractivity contribution is 0.127. The van der Waals surface area contributed by atoms with Gasteiger partial charge in [0.15, 0.2) is 0 Å². The van der Waals surface area contributed by atoms with Crippen molar-refractivity contribution in [2.45, 2.75) is 51.7 Å². The zero-order valence-electron chi connectivity index (χ0n) is 15.5. The third kappa shape index (κ3) is 3.88. The van der Waals surface area contributed by atoms with Gasteiger partial charge in [-0.2, -0.15) is 10.2 Å². The van der Waals surface area contributed by atoms with Crippen molar-refractivity contribution in [3.8, 4) is 5.69 Å². The minimum atomic E-state index is 0.632. The molecule has 3 heterocycles. The van der Waals surface area contributed by atoms with Crippen molar-refractivity contribution >= 4 is 0 Å². The Labute approximate surface area is 155 Å². The molecule has 0 amide bonds. The molecule has 1 aliphatic heterocycles. The third-order valence-electron chi connectivity index (χ3n) is 5.39. The van der Waals surface area contributed by atoms with Crippen LogP contribution in [0, 0.1) is 6.92 Å². The predicted octanol–water partition coefficient (Wildman–Crippen LogP) is 3.82. The summed E-state index contributed by atoms with van der Waals surface area (Å²) < 4.78 is 4.05. The first kappa shape index (κ1) is 17.0. The summed E-state index contributed by atoms with van der Waals surface area (Å²) >= 11 is 0. The Morgan fingerprint density at radius 2 is 2.00 bits per heavy atom. The number of likely N-dealkylation sites (tertiary alicyclic amines) is 1. The van der Waals surface area contributed by atoms with Crippen molar-refractivity contribution in [1.82, 2.24) is 24.5 Å². The van der Waals surface area contributed by atoms with Gasteiger partial charge in [0, 0.05) is 43.3 Å². The first-order chi connectivity index (χ1) is 12.8. The van der Waals surface area contributed by atoms with Gasteiger partial charge in [0.25, 0.3) is 0 Å². The van der Waals surface area contributed by atoms with Gasteiger partial charge in [-0.1, -0.05) is 24.6 Å². The SMILES string of the molecule is Cc1nn(-c2ccccc2)cc1CN1CCCC[C@@H]1CCn1cccn1. The van der Waals surface area contributed by atoms with Crippen molar-refractivity contribution in [1.29, 1.82) is 0 Å². The average Bonchev–Trinajstić information content (AvgIpc) is 3.32. The molecule has 1 fully saturated rings. The van der Waals surface area contributed by atoms with E-state index in [2.05, 4.69) is 53.6 Å². The molecule has 0 radical (unpaired) electrons.